The summed E-state index contributed by atoms with van der Waals surface area (Å²) in [4.78, 5) is 16.8. The number of aromatic nitrogens is 1. The van der Waals surface area contributed by atoms with Gasteiger partial charge in [0, 0.05) is 33.9 Å². The van der Waals surface area contributed by atoms with Gasteiger partial charge in [-0.3, -0.25) is 9.78 Å². The van der Waals surface area contributed by atoms with E-state index in [0.717, 1.165) is 54.7 Å². The first kappa shape index (κ1) is 26.3. The molecule has 3 aromatic rings. The Labute approximate surface area is 206 Å². The summed E-state index contributed by atoms with van der Waals surface area (Å²) < 4.78 is 94.0. The maximum atomic E-state index is 13.7. The van der Waals surface area contributed by atoms with Gasteiger partial charge in [-0.1, -0.05) is 44.0 Å². The van der Waals surface area contributed by atoms with Crippen molar-refractivity contribution in [2.75, 3.05) is 0 Å². The maximum absolute atomic E-state index is 13.7. The van der Waals surface area contributed by atoms with Crippen molar-refractivity contribution in [3.8, 4) is 0 Å². The van der Waals surface area contributed by atoms with Gasteiger partial charge in [-0.2, -0.15) is 26.3 Å². The van der Waals surface area contributed by atoms with Crippen molar-refractivity contribution in [1.82, 2.24) is 4.98 Å². The normalized spacial score (nSPS) is 13.1. The number of ketones is 1. The molecule has 0 saturated heterocycles. The minimum absolute atomic E-state index is 0.0720. The summed E-state index contributed by atoms with van der Waals surface area (Å²) in [5.41, 5.74) is -2.08. The third-order valence-corrected chi connectivity index (χ3v) is 6.44. The van der Waals surface area contributed by atoms with Gasteiger partial charge in [0.25, 0.3) is 0 Å². The molecule has 1 aromatic heterocycles. The molecule has 0 aliphatic carbocycles. The summed E-state index contributed by atoms with van der Waals surface area (Å²) in [6, 6.07) is 7.75. The van der Waals surface area contributed by atoms with Crippen molar-refractivity contribution in [3.05, 3.63) is 97.4 Å². The smallest absolute Gasteiger partial charge is 0.299 e. The molecule has 0 amide bonds. The second-order valence-corrected chi connectivity index (χ2v) is 9.08. The average molecular weight is 613 g/mol. The minimum Gasteiger partial charge on any atom is -0.299 e. The van der Waals surface area contributed by atoms with Crippen LogP contribution in [0.4, 0.5) is 30.7 Å². The second-order valence-electron chi connectivity index (χ2n) is 7.37. The minimum atomic E-state index is -4.79. The molecule has 0 N–H and O–H groups in total. The van der Waals surface area contributed by atoms with Crippen LogP contribution in [0.2, 0.25) is 0 Å². The number of hydrogen-bond acceptors (Lipinski definition) is 2. The molecule has 2 aromatic carbocycles. The van der Waals surface area contributed by atoms with Crippen LogP contribution >= 0.6 is 31.9 Å². The van der Waals surface area contributed by atoms with Gasteiger partial charge >= 0.3 is 12.4 Å². The van der Waals surface area contributed by atoms with Gasteiger partial charge in [0.2, 0.25) is 0 Å². The number of halogens is 9. The first-order valence-corrected chi connectivity index (χ1v) is 11.2. The van der Waals surface area contributed by atoms with Crippen LogP contribution in [0.1, 0.15) is 40.3 Å². The lowest BCUT2D eigenvalue weighted by molar-refractivity contribution is -0.139. The lowest BCUT2D eigenvalue weighted by atomic mass is 9.86. The van der Waals surface area contributed by atoms with E-state index in [2.05, 4.69) is 36.8 Å². The molecule has 3 rings (SSSR count). The van der Waals surface area contributed by atoms with E-state index in [4.69, 9.17) is 0 Å². The van der Waals surface area contributed by atoms with Crippen LogP contribution in [0.25, 0.3) is 0 Å². The Kier molecular flexibility index (Phi) is 7.86. The zero-order chi connectivity index (χ0) is 25.3. The summed E-state index contributed by atoms with van der Waals surface area (Å²) >= 11 is 6.31. The highest BCUT2D eigenvalue weighted by Gasteiger charge is 2.37. The van der Waals surface area contributed by atoms with E-state index < -0.39 is 53.1 Å². The monoisotopic (exact) mass is 611 g/mol. The van der Waals surface area contributed by atoms with E-state index in [9.17, 15) is 35.5 Å². The van der Waals surface area contributed by atoms with Crippen LogP contribution in [0.5, 0.6) is 0 Å². The van der Waals surface area contributed by atoms with E-state index in [1.807, 2.05) is 0 Å². The fourth-order valence-corrected chi connectivity index (χ4v) is 4.86. The van der Waals surface area contributed by atoms with Crippen LogP contribution in [0.15, 0.2) is 63.7 Å². The Balaban J connectivity index is 2.02. The highest BCUT2D eigenvalue weighted by Crippen LogP contribution is 2.39. The first-order valence-electron chi connectivity index (χ1n) is 9.61. The number of pyridine rings is 1. The summed E-state index contributed by atoms with van der Waals surface area (Å²) in [6.07, 6.45) is -9.03. The molecule has 1 atom stereocenters. The molecule has 0 radical (unpaired) electrons. The first-order chi connectivity index (χ1) is 15.8. The predicted molar refractivity (Wildman–Crippen MR) is 118 cm³/mol. The lowest BCUT2D eigenvalue weighted by Crippen LogP contribution is -2.18. The molecule has 0 fully saturated rings. The predicted octanol–water partition coefficient (Wildman–Crippen LogP) is 8.12. The maximum Gasteiger partial charge on any atom is 0.418 e. The molecular weight excluding hydrogens is 599 g/mol. The Bertz CT molecular complexity index is 1170. The molecule has 0 saturated carbocycles. The molecule has 1 heterocycles. The largest absolute Gasteiger partial charge is 0.418 e. The van der Waals surface area contributed by atoms with Gasteiger partial charge in [-0.05, 0) is 47.5 Å². The fourth-order valence-electron chi connectivity index (χ4n) is 3.45. The molecule has 0 bridgehead atoms. The third-order valence-electron chi connectivity index (χ3n) is 5.03. The number of nitrogens with zero attached hydrogens (tertiary/aromatic N) is 1. The van der Waals surface area contributed by atoms with Crippen LogP contribution in [-0.4, -0.2) is 10.8 Å². The van der Waals surface area contributed by atoms with Crippen molar-refractivity contribution < 1.29 is 35.5 Å². The van der Waals surface area contributed by atoms with Gasteiger partial charge in [0.05, 0.1) is 16.8 Å². The third kappa shape index (κ3) is 6.24. The van der Waals surface area contributed by atoms with E-state index in [0.29, 0.717) is 5.56 Å². The molecule has 34 heavy (non-hydrogen) atoms. The van der Waals surface area contributed by atoms with Gasteiger partial charge in [-0.25, -0.2) is 4.39 Å². The van der Waals surface area contributed by atoms with Crippen LogP contribution in [0, 0.1) is 5.82 Å². The van der Waals surface area contributed by atoms with E-state index in [1.54, 1.807) is 0 Å². The van der Waals surface area contributed by atoms with Crippen molar-refractivity contribution in [2.45, 2.75) is 31.1 Å². The molecule has 0 aliphatic heterocycles. The Morgan fingerprint density at radius 1 is 0.912 bits per heavy atom. The van der Waals surface area contributed by atoms with Crippen LogP contribution in [-0.2, 0) is 23.6 Å². The Hall–Kier alpha value is -2.27. The lowest BCUT2D eigenvalue weighted by Gasteiger charge is -2.21. The number of rotatable bonds is 6. The number of carbonyl (C=O) groups is 1. The quantitative estimate of drug-likeness (QED) is 0.263. The molecule has 11 heteroatoms. The summed E-state index contributed by atoms with van der Waals surface area (Å²) in [5.74, 6) is -2.34. The highest BCUT2D eigenvalue weighted by molar-refractivity contribution is 9.11. The van der Waals surface area contributed by atoms with Crippen molar-refractivity contribution in [1.29, 1.82) is 0 Å². The summed E-state index contributed by atoms with van der Waals surface area (Å²) in [6.45, 7) is 0. The fraction of sp³-hybridized carbons (Fsp3) is 0.217. The zero-order valence-corrected chi connectivity index (χ0v) is 20.1. The van der Waals surface area contributed by atoms with E-state index in [1.165, 1.54) is 0 Å². The molecule has 0 spiro atoms. The van der Waals surface area contributed by atoms with Crippen molar-refractivity contribution in [2.24, 2.45) is 0 Å². The van der Waals surface area contributed by atoms with E-state index in [-0.39, 0.29) is 20.9 Å². The molecule has 0 aliphatic rings. The molecular formula is C23H14Br2F7NO. The zero-order valence-electron chi connectivity index (χ0n) is 16.9. The van der Waals surface area contributed by atoms with Crippen LogP contribution in [0.3, 0.4) is 0 Å². The average Bonchev–Trinajstić information content (AvgIpc) is 2.73. The number of hydrogen-bond donors (Lipinski definition) is 0. The molecule has 180 valence electrons. The van der Waals surface area contributed by atoms with Crippen molar-refractivity contribution >= 4 is 37.6 Å². The van der Waals surface area contributed by atoms with Crippen LogP contribution < -0.4 is 0 Å². The SMILES string of the molecule is O=C(Cc1c(Br)cc(F)cc1Br)C[C@@H](c1ccc(C(F)(F)F)cc1)c1ncccc1C(F)(F)F. The summed E-state index contributed by atoms with van der Waals surface area (Å²) in [7, 11) is 0. The molecule has 0 unspecified atom stereocenters. The Morgan fingerprint density at radius 2 is 1.50 bits per heavy atom. The Morgan fingerprint density at radius 3 is 2.03 bits per heavy atom. The number of benzene rings is 2. The van der Waals surface area contributed by atoms with E-state index >= 15 is 0 Å². The van der Waals surface area contributed by atoms with Gasteiger partial charge in [0.1, 0.15) is 11.6 Å². The highest BCUT2D eigenvalue weighted by atomic mass is 79.9. The standard InChI is InChI=1S/C23H14Br2F7NO/c24-19-8-14(26)9-20(25)17(19)11-15(34)10-16(12-3-5-13(6-4-12)22(27,28)29)21-18(23(30,31)32)2-1-7-33-21/h1-9,16H,10-11H2/t16-/m0/s1. The summed E-state index contributed by atoms with van der Waals surface area (Å²) in [5, 5.41) is 0. The number of alkyl halides is 6. The number of carbonyl (C=O) groups excluding carboxylic acids is 1. The van der Waals surface area contributed by atoms with Gasteiger partial charge < -0.3 is 0 Å². The molecule has 2 nitrogen and oxygen atoms in total. The number of Topliss-reactive ketones (excluding diaryl/α,β-unsaturated/α-hetero) is 1. The van der Waals surface area contributed by atoms with Gasteiger partial charge in [0.15, 0.2) is 0 Å². The van der Waals surface area contributed by atoms with Crippen molar-refractivity contribution in [3.63, 3.8) is 0 Å². The topological polar surface area (TPSA) is 30.0 Å². The van der Waals surface area contributed by atoms with Gasteiger partial charge in [-0.15, -0.1) is 0 Å². The second kappa shape index (κ2) is 10.2.